The van der Waals surface area contributed by atoms with E-state index in [0.29, 0.717) is 16.0 Å². The molecule has 0 amide bonds. The summed E-state index contributed by atoms with van der Waals surface area (Å²) in [5, 5.41) is 8.39. The van der Waals surface area contributed by atoms with E-state index in [4.69, 9.17) is 23.2 Å². The van der Waals surface area contributed by atoms with Gasteiger partial charge in [0.2, 0.25) is 5.95 Å². The van der Waals surface area contributed by atoms with Gasteiger partial charge < -0.3 is 5.32 Å². The highest BCUT2D eigenvalue weighted by atomic mass is 35.5. The first kappa shape index (κ1) is 14.9. The van der Waals surface area contributed by atoms with Gasteiger partial charge in [-0.1, -0.05) is 35.0 Å². The minimum Gasteiger partial charge on any atom is -0.354 e. The lowest BCUT2D eigenvalue weighted by Crippen LogP contribution is -2.02. The van der Waals surface area contributed by atoms with Crippen LogP contribution in [0.3, 0.4) is 0 Å². The van der Waals surface area contributed by atoms with Crippen LogP contribution >= 0.6 is 46.3 Å². The van der Waals surface area contributed by atoms with Crippen LogP contribution in [0, 0.1) is 0 Å². The lowest BCUT2D eigenvalue weighted by atomic mass is 10.4. The molecule has 0 fully saturated rings. The number of anilines is 1. The summed E-state index contributed by atoms with van der Waals surface area (Å²) in [4.78, 5) is 10.9. The molecule has 108 valence electrons. The number of nitrogens with one attached hydrogen (secondary N) is 1. The molecule has 0 saturated carbocycles. The Morgan fingerprint density at radius 3 is 2.90 bits per heavy atom. The number of halogens is 2. The molecule has 2 heterocycles. The Kier molecular flexibility index (Phi) is 4.54. The number of hydrogen-bond acceptors (Lipinski definition) is 5. The van der Waals surface area contributed by atoms with Crippen molar-refractivity contribution in [3.63, 3.8) is 0 Å². The van der Waals surface area contributed by atoms with E-state index in [1.54, 1.807) is 23.5 Å². The number of benzene rings is 1. The van der Waals surface area contributed by atoms with E-state index in [0.717, 1.165) is 26.7 Å². The summed E-state index contributed by atoms with van der Waals surface area (Å²) < 4.78 is 0. The molecule has 0 radical (unpaired) electrons. The van der Waals surface area contributed by atoms with Crippen LogP contribution in [0.2, 0.25) is 10.0 Å². The Balaban J connectivity index is 2.06. The lowest BCUT2D eigenvalue weighted by molar-refractivity contribution is 1.06. The predicted octanol–water partition coefficient (Wildman–Crippen LogP) is 5.58. The van der Waals surface area contributed by atoms with Crippen LogP contribution in [-0.2, 0) is 0 Å². The van der Waals surface area contributed by atoms with Gasteiger partial charge in [0, 0.05) is 21.8 Å². The molecule has 3 rings (SSSR count). The molecule has 7 heteroatoms. The van der Waals surface area contributed by atoms with Crippen molar-refractivity contribution in [2.24, 2.45) is 0 Å². The Labute approximate surface area is 140 Å². The van der Waals surface area contributed by atoms with Crippen LogP contribution in [0.5, 0.6) is 0 Å². The van der Waals surface area contributed by atoms with Crippen LogP contribution in [0.4, 0.5) is 5.95 Å². The van der Waals surface area contributed by atoms with Crippen molar-refractivity contribution >= 4 is 62.5 Å². The van der Waals surface area contributed by atoms with Gasteiger partial charge in [-0.05, 0) is 36.6 Å². The fraction of sp³-hybridized carbons (Fsp3) is 0.143. The zero-order chi connectivity index (χ0) is 14.8. The van der Waals surface area contributed by atoms with E-state index in [2.05, 4.69) is 15.3 Å². The molecule has 0 bridgehead atoms. The van der Waals surface area contributed by atoms with Crippen molar-refractivity contribution in [2.45, 2.75) is 16.8 Å². The molecule has 0 spiro atoms. The summed E-state index contributed by atoms with van der Waals surface area (Å²) in [6.07, 6.45) is 0. The zero-order valence-electron chi connectivity index (χ0n) is 11.1. The molecular formula is C14H11Cl2N3S2. The highest BCUT2D eigenvalue weighted by Crippen LogP contribution is 2.38. The molecule has 1 aromatic carbocycles. The molecule has 0 aliphatic carbocycles. The third-order valence-corrected chi connectivity index (χ3v) is 5.27. The standard InChI is InChI=1S/C14H11Cl2N3S2/c1-2-17-14-18-12-9(5-6-20-12)13(19-14)21-11-7-8(15)3-4-10(11)16/h3-7H,2H2,1H3,(H,17,18,19). The molecule has 3 nitrogen and oxygen atoms in total. The normalized spacial score (nSPS) is 11.0. The van der Waals surface area contributed by atoms with Gasteiger partial charge in [0.25, 0.3) is 0 Å². The van der Waals surface area contributed by atoms with E-state index >= 15 is 0 Å². The fourth-order valence-electron chi connectivity index (χ4n) is 1.80. The smallest absolute Gasteiger partial charge is 0.225 e. The van der Waals surface area contributed by atoms with Gasteiger partial charge in [-0.25, -0.2) is 9.97 Å². The summed E-state index contributed by atoms with van der Waals surface area (Å²) in [7, 11) is 0. The molecule has 0 aliphatic heterocycles. The molecule has 2 aromatic heterocycles. The van der Waals surface area contributed by atoms with E-state index in [-0.39, 0.29) is 0 Å². The van der Waals surface area contributed by atoms with E-state index < -0.39 is 0 Å². The first-order chi connectivity index (χ1) is 10.2. The number of nitrogens with zero attached hydrogens (tertiary/aromatic N) is 2. The third kappa shape index (κ3) is 3.26. The van der Waals surface area contributed by atoms with Gasteiger partial charge in [-0.2, -0.15) is 0 Å². The Bertz CT molecular complexity index is 789. The second kappa shape index (κ2) is 6.40. The maximum absolute atomic E-state index is 6.24. The topological polar surface area (TPSA) is 37.8 Å². The molecule has 1 N–H and O–H groups in total. The van der Waals surface area contributed by atoms with Gasteiger partial charge in [-0.3, -0.25) is 0 Å². The Morgan fingerprint density at radius 1 is 1.24 bits per heavy atom. The minimum atomic E-state index is 0.633. The average Bonchev–Trinajstić information content (AvgIpc) is 2.92. The fourth-order valence-corrected chi connectivity index (χ4v) is 4.07. The van der Waals surface area contributed by atoms with Crippen molar-refractivity contribution in [2.75, 3.05) is 11.9 Å². The van der Waals surface area contributed by atoms with Gasteiger partial charge in [0.15, 0.2) is 0 Å². The molecular weight excluding hydrogens is 345 g/mol. The summed E-state index contributed by atoms with van der Waals surface area (Å²) in [6, 6.07) is 7.44. The Morgan fingerprint density at radius 2 is 2.10 bits per heavy atom. The molecule has 21 heavy (non-hydrogen) atoms. The minimum absolute atomic E-state index is 0.633. The monoisotopic (exact) mass is 355 g/mol. The second-order valence-corrected chi connectivity index (χ2v) is 6.97. The van der Waals surface area contributed by atoms with Crippen LogP contribution in [-0.4, -0.2) is 16.5 Å². The summed E-state index contributed by atoms with van der Waals surface area (Å²) in [6.45, 7) is 2.79. The number of aromatic nitrogens is 2. The maximum atomic E-state index is 6.24. The quantitative estimate of drug-likeness (QED) is 0.619. The van der Waals surface area contributed by atoms with Gasteiger partial charge in [0.05, 0.1) is 5.02 Å². The molecule has 0 unspecified atom stereocenters. The van der Waals surface area contributed by atoms with Crippen LogP contribution in [0.15, 0.2) is 39.6 Å². The molecule has 0 aliphatic rings. The first-order valence-electron chi connectivity index (χ1n) is 6.29. The number of rotatable bonds is 4. The lowest BCUT2D eigenvalue weighted by Gasteiger charge is -2.08. The highest BCUT2D eigenvalue weighted by Gasteiger charge is 2.12. The van der Waals surface area contributed by atoms with Crippen molar-refractivity contribution in [1.29, 1.82) is 0 Å². The highest BCUT2D eigenvalue weighted by molar-refractivity contribution is 7.99. The summed E-state index contributed by atoms with van der Waals surface area (Å²) in [5.74, 6) is 0.633. The van der Waals surface area contributed by atoms with Crippen molar-refractivity contribution in [1.82, 2.24) is 9.97 Å². The van der Waals surface area contributed by atoms with Gasteiger partial charge in [0.1, 0.15) is 9.86 Å². The van der Waals surface area contributed by atoms with Crippen LogP contribution in [0.25, 0.3) is 10.2 Å². The van der Waals surface area contributed by atoms with Crippen molar-refractivity contribution < 1.29 is 0 Å². The van der Waals surface area contributed by atoms with E-state index in [1.807, 2.05) is 24.4 Å². The van der Waals surface area contributed by atoms with E-state index in [1.165, 1.54) is 11.8 Å². The average molecular weight is 356 g/mol. The van der Waals surface area contributed by atoms with Gasteiger partial charge in [-0.15, -0.1) is 11.3 Å². The molecule has 0 saturated heterocycles. The van der Waals surface area contributed by atoms with Gasteiger partial charge >= 0.3 is 0 Å². The van der Waals surface area contributed by atoms with Crippen molar-refractivity contribution in [3.05, 3.63) is 39.7 Å². The summed E-state index contributed by atoms with van der Waals surface area (Å²) in [5.41, 5.74) is 0. The summed E-state index contributed by atoms with van der Waals surface area (Å²) >= 11 is 15.4. The zero-order valence-corrected chi connectivity index (χ0v) is 14.2. The second-order valence-electron chi connectivity index (χ2n) is 4.20. The van der Waals surface area contributed by atoms with Crippen molar-refractivity contribution in [3.8, 4) is 0 Å². The number of fused-ring (bicyclic) bond motifs is 1. The Hall–Kier alpha value is -1.01. The number of hydrogen-bond donors (Lipinski definition) is 1. The van der Waals surface area contributed by atoms with Crippen LogP contribution < -0.4 is 5.32 Å². The largest absolute Gasteiger partial charge is 0.354 e. The van der Waals surface area contributed by atoms with E-state index in [9.17, 15) is 0 Å². The molecule has 3 aromatic rings. The maximum Gasteiger partial charge on any atom is 0.225 e. The molecule has 0 atom stereocenters. The third-order valence-electron chi connectivity index (χ3n) is 2.72. The van der Waals surface area contributed by atoms with Crippen LogP contribution in [0.1, 0.15) is 6.92 Å². The first-order valence-corrected chi connectivity index (χ1v) is 8.74. The number of thiophene rings is 1. The SMILES string of the molecule is CCNc1nc(Sc2cc(Cl)ccc2Cl)c2ccsc2n1. The predicted molar refractivity (Wildman–Crippen MR) is 92.2 cm³/mol.